The van der Waals surface area contributed by atoms with Crippen molar-refractivity contribution in [3.05, 3.63) is 0 Å². The van der Waals surface area contributed by atoms with Crippen molar-refractivity contribution in [1.82, 2.24) is 10.6 Å². The Morgan fingerprint density at radius 1 is 1.31 bits per heavy atom. The van der Waals surface area contributed by atoms with Crippen LogP contribution in [0.5, 0.6) is 0 Å². The van der Waals surface area contributed by atoms with Crippen LogP contribution in [0.2, 0.25) is 0 Å². The first-order valence-electron chi connectivity index (χ1n) is 4.68. The van der Waals surface area contributed by atoms with E-state index in [9.17, 15) is 9.59 Å². The molecule has 0 aliphatic carbocycles. The van der Waals surface area contributed by atoms with E-state index in [0.29, 0.717) is 13.0 Å². The summed E-state index contributed by atoms with van der Waals surface area (Å²) in [5.41, 5.74) is 0. The van der Waals surface area contributed by atoms with Gasteiger partial charge in [-0.1, -0.05) is 13.8 Å². The molecule has 0 saturated carbocycles. The van der Waals surface area contributed by atoms with Crippen LogP contribution in [-0.2, 0) is 9.59 Å². The van der Waals surface area contributed by atoms with Gasteiger partial charge in [0.15, 0.2) is 0 Å². The first-order valence-corrected chi connectivity index (χ1v) is 4.68. The van der Waals surface area contributed by atoms with Crippen molar-refractivity contribution in [3.63, 3.8) is 0 Å². The summed E-state index contributed by atoms with van der Waals surface area (Å²) >= 11 is 0. The summed E-state index contributed by atoms with van der Waals surface area (Å²) in [6.45, 7) is 6.07. The van der Waals surface area contributed by atoms with Crippen molar-refractivity contribution >= 4 is 11.8 Å². The summed E-state index contributed by atoms with van der Waals surface area (Å²) < 4.78 is 0. The molecule has 76 valence electrons. The minimum atomic E-state index is -0.431. The number of hydrogen-bond acceptors (Lipinski definition) is 2. The summed E-state index contributed by atoms with van der Waals surface area (Å²) in [5.74, 6) is -0.220. The first-order chi connectivity index (χ1) is 6.11. The third-order valence-corrected chi connectivity index (χ3v) is 1.64. The zero-order chi connectivity index (χ0) is 10.3. The second kappa shape index (κ2) is 6.46. The molecule has 0 aliphatic heterocycles. The Morgan fingerprint density at radius 2 is 1.92 bits per heavy atom. The van der Waals surface area contributed by atoms with Crippen molar-refractivity contribution in [1.29, 1.82) is 0 Å². The Morgan fingerprint density at radius 3 is 2.38 bits per heavy atom. The lowest BCUT2D eigenvalue weighted by Gasteiger charge is -2.12. The number of carbonyl (C=O) groups is 2. The lowest BCUT2D eigenvalue weighted by Crippen LogP contribution is -2.44. The second-order valence-corrected chi connectivity index (χ2v) is 2.93. The molecule has 0 heterocycles. The molecule has 0 aliphatic rings. The van der Waals surface area contributed by atoms with E-state index >= 15 is 0 Å². The van der Waals surface area contributed by atoms with Crippen LogP contribution in [0.15, 0.2) is 0 Å². The summed E-state index contributed by atoms with van der Waals surface area (Å²) in [4.78, 5) is 22.1. The molecule has 1 atom stereocenters. The molecule has 4 nitrogen and oxygen atoms in total. The Kier molecular flexibility index (Phi) is 5.93. The van der Waals surface area contributed by atoms with Gasteiger partial charge >= 0.3 is 0 Å². The molecule has 2 amide bonds. The maximum Gasteiger partial charge on any atom is 0.242 e. The molecule has 0 aromatic rings. The van der Waals surface area contributed by atoms with Gasteiger partial charge in [0.2, 0.25) is 11.8 Å². The maximum absolute atomic E-state index is 11.2. The van der Waals surface area contributed by atoms with Gasteiger partial charge in [-0.05, 0) is 13.3 Å². The SMILES string of the molecule is CCCNC(=O)C(C)NC(=O)CC. The van der Waals surface area contributed by atoms with Gasteiger partial charge in [-0.2, -0.15) is 0 Å². The molecule has 2 N–H and O–H groups in total. The minimum absolute atomic E-state index is 0.0980. The van der Waals surface area contributed by atoms with Gasteiger partial charge in [-0.25, -0.2) is 0 Å². The van der Waals surface area contributed by atoms with Crippen LogP contribution < -0.4 is 10.6 Å². The average Bonchev–Trinajstić information content (AvgIpc) is 2.13. The standard InChI is InChI=1S/C9H18N2O2/c1-4-6-10-9(13)7(3)11-8(12)5-2/h7H,4-6H2,1-3H3,(H,10,13)(H,11,12). The van der Waals surface area contributed by atoms with Gasteiger partial charge in [0.25, 0.3) is 0 Å². The molecule has 0 saturated heterocycles. The Hall–Kier alpha value is -1.06. The highest BCUT2D eigenvalue weighted by molar-refractivity contribution is 5.87. The minimum Gasteiger partial charge on any atom is -0.354 e. The quantitative estimate of drug-likeness (QED) is 0.654. The highest BCUT2D eigenvalue weighted by atomic mass is 16.2. The van der Waals surface area contributed by atoms with Gasteiger partial charge in [-0.3, -0.25) is 9.59 Å². The molecule has 0 aromatic heterocycles. The monoisotopic (exact) mass is 186 g/mol. The molecule has 1 unspecified atom stereocenters. The number of amides is 2. The number of hydrogen-bond donors (Lipinski definition) is 2. The van der Waals surface area contributed by atoms with Crippen molar-refractivity contribution in [2.75, 3.05) is 6.54 Å². The fourth-order valence-corrected chi connectivity index (χ4v) is 0.810. The zero-order valence-corrected chi connectivity index (χ0v) is 8.52. The average molecular weight is 186 g/mol. The number of carbonyl (C=O) groups excluding carboxylic acids is 2. The lowest BCUT2D eigenvalue weighted by molar-refractivity contribution is -0.128. The van der Waals surface area contributed by atoms with E-state index in [0.717, 1.165) is 6.42 Å². The van der Waals surface area contributed by atoms with E-state index in [2.05, 4.69) is 10.6 Å². The van der Waals surface area contributed by atoms with E-state index < -0.39 is 6.04 Å². The van der Waals surface area contributed by atoms with E-state index in [-0.39, 0.29) is 11.8 Å². The molecule has 13 heavy (non-hydrogen) atoms. The van der Waals surface area contributed by atoms with Gasteiger partial charge in [-0.15, -0.1) is 0 Å². The molecule has 0 aromatic carbocycles. The molecule has 4 heteroatoms. The normalized spacial score (nSPS) is 11.9. The molecule has 0 rings (SSSR count). The van der Waals surface area contributed by atoms with E-state index in [1.165, 1.54) is 0 Å². The van der Waals surface area contributed by atoms with Crippen LogP contribution in [0, 0.1) is 0 Å². The van der Waals surface area contributed by atoms with Crippen LogP contribution in [-0.4, -0.2) is 24.4 Å². The highest BCUT2D eigenvalue weighted by Crippen LogP contribution is 1.85. The maximum atomic E-state index is 11.2. The van der Waals surface area contributed by atoms with Crippen LogP contribution in [0.4, 0.5) is 0 Å². The Bertz CT molecular complexity index is 180. The molecular formula is C9H18N2O2. The Balaban J connectivity index is 3.75. The fourth-order valence-electron chi connectivity index (χ4n) is 0.810. The summed E-state index contributed by atoms with van der Waals surface area (Å²) in [7, 11) is 0. The van der Waals surface area contributed by atoms with Gasteiger partial charge in [0.1, 0.15) is 6.04 Å². The van der Waals surface area contributed by atoms with Gasteiger partial charge in [0.05, 0.1) is 0 Å². The number of nitrogens with one attached hydrogen (secondary N) is 2. The van der Waals surface area contributed by atoms with Gasteiger partial charge in [0, 0.05) is 13.0 Å². The van der Waals surface area contributed by atoms with Crippen LogP contribution in [0.25, 0.3) is 0 Å². The van der Waals surface area contributed by atoms with Crippen molar-refractivity contribution in [2.24, 2.45) is 0 Å². The lowest BCUT2D eigenvalue weighted by atomic mass is 10.3. The van der Waals surface area contributed by atoms with E-state index in [1.807, 2.05) is 6.92 Å². The van der Waals surface area contributed by atoms with Crippen molar-refractivity contribution in [2.45, 2.75) is 39.7 Å². The smallest absolute Gasteiger partial charge is 0.242 e. The van der Waals surface area contributed by atoms with E-state index in [1.54, 1.807) is 13.8 Å². The van der Waals surface area contributed by atoms with Crippen LogP contribution >= 0.6 is 0 Å². The summed E-state index contributed by atoms with van der Waals surface area (Å²) in [6.07, 6.45) is 1.31. The largest absolute Gasteiger partial charge is 0.354 e. The van der Waals surface area contributed by atoms with Crippen molar-refractivity contribution < 1.29 is 9.59 Å². The second-order valence-electron chi connectivity index (χ2n) is 2.93. The first kappa shape index (κ1) is 11.9. The third-order valence-electron chi connectivity index (χ3n) is 1.64. The van der Waals surface area contributed by atoms with Crippen molar-refractivity contribution in [3.8, 4) is 0 Å². The third kappa shape index (κ3) is 5.22. The molecule has 0 radical (unpaired) electrons. The fraction of sp³-hybridized carbons (Fsp3) is 0.778. The zero-order valence-electron chi connectivity index (χ0n) is 8.52. The van der Waals surface area contributed by atoms with E-state index in [4.69, 9.17) is 0 Å². The predicted molar refractivity (Wildman–Crippen MR) is 51.2 cm³/mol. The highest BCUT2D eigenvalue weighted by Gasteiger charge is 2.12. The topological polar surface area (TPSA) is 58.2 Å². The summed E-state index contributed by atoms with van der Waals surface area (Å²) in [5, 5.41) is 5.30. The number of rotatable bonds is 5. The summed E-state index contributed by atoms with van der Waals surface area (Å²) in [6, 6.07) is -0.431. The molecule has 0 spiro atoms. The van der Waals surface area contributed by atoms with Crippen LogP contribution in [0.3, 0.4) is 0 Å². The molecule has 0 bridgehead atoms. The Labute approximate surface area is 79.1 Å². The van der Waals surface area contributed by atoms with Gasteiger partial charge < -0.3 is 10.6 Å². The predicted octanol–water partition coefficient (Wildman–Crippen LogP) is 0.427. The molecular weight excluding hydrogens is 168 g/mol. The molecule has 0 fully saturated rings. The van der Waals surface area contributed by atoms with Crippen LogP contribution in [0.1, 0.15) is 33.6 Å².